The molecule has 2 aromatic rings. The second-order valence-corrected chi connectivity index (χ2v) is 7.79. The highest BCUT2D eigenvalue weighted by molar-refractivity contribution is 14.1. The third kappa shape index (κ3) is 3.72. The van der Waals surface area contributed by atoms with Gasteiger partial charge in [0, 0.05) is 13.7 Å². The lowest BCUT2D eigenvalue weighted by Crippen LogP contribution is -2.14. The first-order valence-electron chi connectivity index (χ1n) is 5.60. The van der Waals surface area contributed by atoms with E-state index in [4.69, 9.17) is 5.11 Å². The van der Waals surface area contributed by atoms with E-state index in [1.165, 1.54) is 6.07 Å². The van der Waals surface area contributed by atoms with Crippen molar-refractivity contribution in [3.05, 3.63) is 56.1 Å². The van der Waals surface area contributed by atoms with Crippen LogP contribution >= 0.6 is 38.5 Å². The zero-order valence-corrected chi connectivity index (χ0v) is 14.7. The van der Waals surface area contributed by atoms with Gasteiger partial charge in [0.15, 0.2) is 0 Å². The van der Waals surface area contributed by atoms with E-state index >= 15 is 0 Å². The number of hydrogen-bond donors (Lipinski definition) is 2. The summed E-state index contributed by atoms with van der Waals surface area (Å²) in [4.78, 5) is 0.0996. The van der Waals surface area contributed by atoms with Gasteiger partial charge < -0.3 is 5.11 Å². The Morgan fingerprint density at radius 1 is 1.15 bits per heavy atom. The molecule has 0 amide bonds. The van der Waals surface area contributed by atoms with Gasteiger partial charge in [-0.05, 0) is 80.5 Å². The van der Waals surface area contributed by atoms with Crippen molar-refractivity contribution in [2.24, 2.45) is 0 Å². The van der Waals surface area contributed by atoms with Crippen molar-refractivity contribution in [3.8, 4) is 0 Å². The maximum atomic E-state index is 12.4. The topological polar surface area (TPSA) is 66.4 Å². The maximum absolute atomic E-state index is 12.4. The molecule has 0 bridgehead atoms. The van der Waals surface area contributed by atoms with E-state index in [-0.39, 0.29) is 11.5 Å². The van der Waals surface area contributed by atoms with Crippen LogP contribution < -0.4 is 4.72 Å². The molecule has 0 saturated heterocycles. The van der Waals surface area contributed by atoms with Gasteiger partial charge in [-0.3, -0.25) is 4.72 Å². The Hall–Kier alpha value is -0.640. The molecule has 0 atom stereocenters. The van der Waals surface area contributed by atoms with E-state index in [0.717, 1.165) is 3.57 Å². The molecule has 0 spiro atoms. The maximum Gasteiger partial charge on any atom is 0.263 e. The van der Waals surface area contributed by atoms with E-state index in [9.17, 15) is 8.42 Å². The van der Waals surface area contributed by atoms with E-state index in [1.54, 1.807) is 24.3 Å². The molecule has 2 aromatic carbocycles. The fourth-order valence-electron chi connectivity index (χ4n) is 1.58. The standard InChI is InChI=1S/C13H11BrINO3S/c14-12-6-1-9(8-17)7-13(12)20(18,19)16-11-4-2-10(15)3-5-11/h1-7,16-17H,8H2. The Bertz CT molecular complexity index is 717. The number of hydrogen-bond acceptors (Lipinski definition) is 3. The first kappa shape index (κ1) is 15.7. The van der Waals surface area contributed by atoms with Gasteiger partial charge in [-0.2, -0.15) is 0 Å². The Morgan fingerprint density at radius 2 is 1.80 bits per heavy atom. The smallest absolute Gasteiger partial charge is 0.263 e. The fourth-order valence-corrected chi connectivity index (χ4v) is 4.01. The largest absolute Gasteiger partial charge is 0.392 e. The van der Waals surface area contributed by atoms with Crippen LogP contribution in [-0.2, 0) is 16.6 Å². The van der Waals surface area contributed by atoms with Gasteiger partial charge in [0.1, 0.15) is 4.90 Å². The van der Waals surface area contributed by atoms with Gasteiger partial charge in [0.25, 0.3) is 10.0 Å². The number of anilines is 1. The van der Waals surface area contributed by atoms with Gasteiger partial charge in [-0.25, -0.2) is 8.42 Å². The summed E-state index contributed by atoms with van der Waals surface area (Å²) in [5, 5.41) is 9.11. The average Bonchev–Trinajstić information content (AvgIpc) is 2.41. The summed E-state index contributed by atoms with van der Waals surface area (Å²) in [5.74, 6) is 0. The molecule has 7 heteroatoms. The lowest BCUT2D eigenvalue weighted by Gasteiger charge is -2.11. The van der Waals surface area contributed by atoms with Crippen LogP contribution in [0.5, 0.6) is 0 Å². The van der Waals surface area contributed by atoms with Gasteiger partial charge in [0.2, 0.25) is 0 Å². The third-order valence-electron chi connectivity index (χ3n) is 2.56. The molecule has 0 fully saturated rings. The minimum Gasteiger partial charge on any atom is -0.392 e. The molecule has 0 heterocycles. The van der Waals surface area contributed by atoms with Crippen molar-refractivity contribution in [2.45, 2.75) is 11.5 Å². The molecule has 2 N–H and O–H groups in total. The highest BCUT2D eigenvalue weighted by atomic mass is 127. The molecule has 0 radical (unpaired) electrons. The summed E-state index contributed by atoms with van der Waals surface area (Å²) >= 11 is 5.37. The molecule has 2 rings (SSSR count). The molecular weight excluding hydrogens is 457 g/mol. The minimum absolute atomic E-state index is 0.0996. The van der Waals surface area contributed by atoms with Crippen molar-refractivity contribution in [1.82, 2.24) is 0 Å². The van der Waals surface area contributed by atoms with Gasteiger partial charge in [0.05, 0.1) is 6.61 Å². The first-order chi connectivity index (χ1) is 9.42. The van der Waals surface area contributed by atoms with Gasteiger partial charge in [-0.1, -0.05) is 6.07 Å². The van der Waals surface area contributed by atoms with Crippen molar-refractivity contribution in [2.75, 3.05) is 4.72 Å². The number of halogens is 2. The molecule has 0 unspecified atom stereocenters. The SMILES string of the molecule is O=S(=O)(Nc1ccc(I)cc1)c1cc(CO)ccc1Br. The highest BCUT2D eigenvalue weighted by Crippen LogP contribution is 2.25. The lowest BCUT2D eigenvalue weighted by molar-refractivity contribution is 0.281. The van der Waals surface area contributed by atoms with Crippen LogP contribution in [0.2, 0.25) is 0 Å². The van der Waals surface area contributed by atoms with Crippen LogP contribution in [0.15, 0.2) is 51.8 Å². The van der Waals surface area contributed by atoms with Crippen molar-refractivity contribution >= 4 is 54.2 Å². The van der Waals surface area contributed by atoms with Crippen molar-refractivity contribution < 1.29 is 13.5 Å². The third-order valence-corrected chi connectivity index (χ3v) is 5.66. The van der Waals surface area contributed by atoms with E-state index in [1.807, 2.05) is 12.1 Å². The molecule has 4 nitrogen and oxygen atoms in total. The average molecular weight is 468 g/mol. The molecule has 0 saturated carbocycles. The predicted molar refractivity (Wildman–Crippen MR) is 90.0 cm³/mol. The Labute approximate surface area is 139 Å². The molecular formula is C13H11BrINO3S. The van der Waals surface area contributed by atoms with Crippen LogP contribution in [0.1, 0.15) is 5.56 Å². The van der Waals surface area contributed by atoms with E-state index in [0.29, 0.717) is 15.7 Å². The van der Waals surface area contributed by atoms with E-state index < -0.39 is 10.0 Å². The lowest BCUT2D eigenvalue weighted by atomic mass is 10.2. The van der Waals surface area contributed by atoms with Crippen molar-refractivity contribution in [3.63, 3.8) is 0 Å². The highest BCUT2D eigenvalue weighted by Gasteiger charge is 2.18. The summed E-state index contributed by atoms with van der Waals surface area (Å²) in [6.45, 7) is -0.209. The molecule has 0 aliphatic rings. The number of aliphatic hydroxyl groups excluding tert-OH is 1. The quantitative estimate of drug-likeness (QED) is 0.677. The monoisotopic (exact) mass is 467 g/mol. The predicted octanol–water partition coefficient (Wildman–Crippen LogP) is 3.35. The van der Waals surface area contributed by atoms with E-state index in [2.05, 4.69) is 43.2 Å². The zero-order valence-electron chi connectivity index (χ0n) is 10.2. The van der Waals surface area contributed by atoms with Crippen LogP contribution in [0.25, 0.3) is 0 Å². The molecule has 106 valence electrons. The number of rotatable bonds is 4. The number of aliphatic hydroxyl groups is 1. The fraction of sp³-hybridized carbons (Fsp3) is 0.0769. The summed E-state index contributed by atoms with van der Waals surface area (Å²) in [6.07, 6.45) is 0. The Morgan fingerprint density at radius 3 is 2.40 bits per heavy atom. The normalized spacial score (nSPS) is 11.3. The summed E-state index contributed by atoms with van der Waals surface area (Å²) < 4.78 is 28.7. The second-order valence-electron chi connectivity index (χ2n) is 4.04. The molecule has 0 aliphatic carbocycles. The summed E-state index contributed by atoms with van der Waals surface area (Å²) in [5.41, 5.74) is 1.03. The Kier molecular flexibility index (Phi) is 5.05. The summed E-state index contributed by atoms with van der Waals surface area (Å²) in [6, 6.07) is 11.7. The summed E-state index contributed by atoms with van der Waals surface area (Å²) in [7, 11) is -3.70. The molecule has 0 aromatic heterocycles. The zero-order chi connectivity index (χ0) is 14.8. The molecule has 0 aliphatic heterocycles. The van der Waals surface area contributed by atoms with Crippen LogP contribution in [0.4, 0.5) is 5.69 Å². The Balaban J connectivity index is 2.37. The van der Waals surface area contributed by atoms with Crippen LogP contribution in [0, 0.1) is 3.57 Å². The first-order valence-corrected chi connectivity index (χ1v) is 8.95. The van der Waals surface area contributed by atoms with Crippen LogP contribution in [-0.4, -0.2) is 13.5 Å². The number of benzene rings is 2. The van der Waals surface area contributed by atoms with Crippen LogP contribution in [0.3, 0.4) is 0 Å². The van der Waals surface area contributed by atoms with Gasteiger partial charge in [-0.15, -0.1) is 0 Å². The second kappa shape index (κ2) is 6.42. The minimum atomic E-state index is -3.70. The number of nitrogens with one attached hydrogen (secondary N) is 1. The molecule has 20 heavy (non-hydrogen) atoms. The van der Waals surface area contributed by atoms with Crippen molar-refractivity contribution in [1.29, 1.82) is 0 Å². The van der Waals surface area contributed by atoms with Gasteiger partial charge >= 0.3 is 0 Å². The number of sulfonamides is 1.